The van der Waals surface area contributed by atoms with Crippen molar-refractivity contribution in [3.05, 3.63) is 52.0 Å². The van der Waals surface area contributed by atoms with E-state index in [4.69, 9.17) is 13.9 Å². The van der Waals surface area contributed by atoms with Crippen molar-refractivity contribution < 1.29 is 32.0 Å². The second kappa shape index (κ2) is 9.29. The summed E-state index contributed by atoms with van der Waals surface area (Å²) in [5.74, 6) is -1.30. The molecular formula is C20H22N4O8S. The molecule has 0 unspecified atom stereocenters. The van der Waals surface area contributed by atoms with Gasteiger partial charge in [0.15, 0.2) is 0 Å². The molecule has 12 nitrogen and oxygen atoms in total. The van der Waals surface area contributed by atoms with E-state index >= 15 is 0 Å². The molecule has 1 saturated heterocycles. The molecular weight excluding hydrogens is 456 g/mol. The summed E-state index contributed by atoms with van der Waals surface area (Å²) in [5.41, 5.74) is 1.16. The summed E-state index contributed by atoms with van der Waals surface area (Å²) < 4.78 is 44.5. The van der Waals surface area contributed by atoms with Gasteiger partial charge in [0, 0.05) is 19.6 Å². The van der Waals surface area contributed by atoms with Gasteiger partial charge < -0.3 is 18.5 Å². The van der Waals surface area contributed by atoms with Crippen LogP contribution in [0.1, 0.15) is 29.7 Å². The molecule has 1 aliphatic heterocycles. The number of hydrogen-bond donors (Lipinski definition) is 0. The molecule has 4 rings (SSSR count). The standard InChI is InChI=1S/C20H22N4O8S/c1-2-7-23-16-4-3-14(33(28,29)22-8-10-30-11-9-22)12-15(16)21-18(23)13-31-20(25)17-5-6-19(32-17)24(26)27/h3-6,12H,2,7-11,13H2,1H3. The maximum atomic E-state index is 13.0. The van der Waals surface area contributed by atoms with Crippen LogP contribution in [0.25, 0.3) is 11.0 Å². The van der Waals surface area contributed by atoms with Gasteiger partial charge in [-0.2, -0.15) is 4.31 Å². The molecule has 176 valence electrons. The van der Waals surface area contributed by atoms with E-state index in [1.807, 2.05) is 11.5 Å². The lowest BCUT2D eigenvalue weighted by atomic mass is 10.3. The molecule has 0 atom stereocenters. The largest absolute Gasteiger partial charge is 0.452 e. The number of furan rings is 1. The Hall–Kier alpha value is -3.29. The minimum absolute atomic E-state index is 0.129. The molecule has 0 amide bonds. The van der Waals surface area contributed by atoms with E-state index in [2.05, 4.69) is 4.98 Å². The number of sulfonamides is 1. The highest BCUT2D eigenvalue weighted by atomic mass is 32.2. The summed E-state index contributed by atoms with van der Waals surface area (Å²) in [6.45, 7) is 3.61. The van der Waals surface area contributed by atoms with Crippen molar-refractivity contribution in [3.8, 4) is 0 Å². The third-order valence-corrected chi connectivity index (χ3v) is 7.05. The highest BCUT2D eigenvalue weighted by Crippen LogP contribution is 2.25. The summed E-state index contributed by atoms with van der Waals surface area (Å²) >= 11 is 0. The van der Waals surface area contributed by atoms with Crippen LogP contribution in [0.15, 0.2) is 39.6 Å². The van der Waals surface area contributed by atoms with Gasteiger partial charge in [0.2, 0.25) is 15.8 Å². The van der Waals surface area contributed by atoms with E-state index in [-0.39, 0.29) is 30.4 Å². The number of imidazole rings is 1. The third kappa shape index (κ3) is 4.60. The van der Waals surface area contributed by atoms with Crippen LogP contribution < -0.4 is 0 Å². The topological polar surface area (TPSA) is 147 Å². The summed E-state index contributed by atoms with van der Waals surface area (Å²) in [4.78, 5) is 26.8. The van der Waals surface area contributed by atoms with Crippen molar-refractivity contribution in [2.75, 3.05) is 26.3 Å². The lowest BCUT2D eigenvalue weighted by Crippen LogP contribution is -2.40. The molecule has 33 heavy (non-hydrogen) atoms. The lowest BCUT2D eigenvalue weighted by molar-refractivity contribution is -0.402. The number of rotatable bonds is 8. The summed E-state index contributed by atoms with van der Waals surface area (Å²) in [5, 5.41) is 10.7. The summed E-state index contributed by atoms with van der Waals surface area (Å²) in [7, 11) is -3.68. The van der Waals surface area contributed by atoms with E-state index in [0.717, 1.165) is 18.6 Å². The number of aryl methyl sites for hydroxylation is 1. The van der Waals surface area contributed by atoms with Crippen molar-refractivity contribution in [2.24, 2.45) is 0 Å². The molecule has 0 spiro atoms. The van der Waals surface area contributed by atoms with E-state index in [1.54, 1.807) is 12.1 Å². The van der Waals surface area contributed by atoms with E-state index < -0.39 is 26.8 Å². The van der Waals surface area contributed by atoms with Crippen LogP contribution in [0, 0.1) is 10.1 Å². The van der Waals surface area contributed by atoms with Crippen LogP contribution in [0.5, 0.6) is 0 Å². The highest BCUT2D eigenvalue weighted by molar-refractivity contribution is 7.89. The Labute approximate surface area is 188 Å². The molecule has 0 N–H and O–H groups in total. The fraction of sp³-hybridized carbons (Fsp3) is 0.400. The van der Waals surface area contributed by atoms with Gasteiger partial charge in [-0.05, 0) is 30.7 Å². The molecule has 0 saturated carbocycles. The zero-order chi connectivity index (χ0) is 23.6. The Bertz CT molecular complexity index is 1290. The number of morpholine rings is 1. The van der Waals surface area contributed by atoms with Gasteiger partial charge in [-0.1, -0.05) is 6.92 Å². The molecule has 3 heterocycles. The number of nitrogens with zero attached hydrogens (tertiary/aromatic N) is 4. The average Bonchev–Trinajstić information content (AvgIpc) is 3.44. The molecule has 0 aliphatic carbocycles. The second-order valence-electron chi connectivity index (χ2n) is 7.32. The molecule has 0 bridgehead atoms. The zero-order valence-electron chi connectivity index (χ0n) is 17.8. The van der Waals surface area contributed by atoms with Crippen molar-refractivity contribution in [1.82, 2.24) is 13.9 Å². The molecule has 3 aromatic rings. The lowest BCUT2D eigenvalue weighted by Gasteiger charge is -2.26. The van der Waals surface area contributed by atoms with Crippen LogP contribution >= 0.6 is 0 Å². The Morgan fingerprint density at radius 3 is 2.67 bits per heavy atom. The number of ether oxygens (including phenoxy) is 2. The number of hydrogen-bond acceptors (Lipinski definition) is 9. The number of aromatic nitrogens is 2. The van der Waals surface area contributed by atoms with Crippen LogP contribution in [0.2, 0.25) is 0 Å². The van der Waals surface area contributed by atoms with Gasteiger partial charge in [-0.3, -0.25) is 10.1 Å². The van der Waals surface area contributed by atoms with E-state index in [0.29, 0.717) is 36.6 Å². The number of benzene rings is 1. The third-order valence-electron chi connectivity index (χ3n) is 5.16. The Balaban J connectivity index is 1.59. The fourth-order valence-electron chi connectivity index (χ4n) is 3.58. The summed E-state index contributed by atoms with van der Waals surface area (Å²) in [6, 6.07) is 6.97. The SMILES string of the molecule is CCCn1c(COC(=O)c2ccc([N+](=O)[O-])o2)nc2cc(S(=O)(=O)N3CCOCC3)ccc21. The first-order valence-corrected chi connectivity index (χ1v) is 11.7. The van der Waals surface area contributed by atoms with Gasteiger partial charge in [0.25, 0.3) is 0 Å². The quantitative estimate of drug-likeness (QED) is 0.270. The van der Waals surface area contributed by atoms with Gasteiger partial charge in [0.1, 0.15) is 17.4 Å². The predicted octanol–water partition coefficient (Wildman–Crippen LogP) is 2.33. The Morgan fingerprint density at radius 2 is 2.00 bits per heavy atom. The van der Waals surface area contributed by atoms with E-state index in [9.17, 15) is 23.3 Å². The minimum Gasteiger partial charge on any atom is -0.452 e. The maximum absolute atomic E-state index is 13.0. The van der Waals surface area contributed by atoms with Crippen molar-refractivity contribution in [2.45, 2.75) is 31.4 Å². The monoisotopic (exact) mass is 478 g/mol. The first kappa shape index (κ1) is 22.9. The van der Waals surface area contributed by atoms with Crippen molar-refractivity contribution in [3.63, 3.8) is 0 Å². The van der Waals surface area contributed by atoms with Crippen LogP contribution in [-0.4, -0.2) is 59.5 Å². The first-order valence-electron chi connectivity index (χ1n) is 10.3. The predicted molar refractivity (Wildman–Crippen MR) is 114 cm³/mol. The van der Waals surface area contributed by atoms with Gasteiger partial charge >= 0.3 is 11.9 Å². The number of carbonyl (C=O) groups is 1. The smallest absolute Gasteiger partial charge is 0.433 e. The average molecular weight is 478 g/mol. The van der Waals surface area contributed by atoms with Crippen LogP contribution in [0.4, 0.5) is 5.88 Å². The number of nitro groups is 1. The number of carbonyl (C=O) groups excluding carboxylic acids is 1. The molecule has 13 heteroatoms. The van der Waals surface area contributed by atoms with Crippen molar-refractivity contribution >= 4 is 32.9 Å². The summed E-state index contributed by atoms with van der Waals surface area (Å²) in [6.07, 6.45) is 0.768. The second-order valence-corrected chi connectivity index (χ2v) is 9.26. The number of fused-ring (bicyclic) bond motifs is 1. The molecule has 0 radical (unpaired) electrons. The first-order chi connectivity index (χ1) is 15.8. The minimum atomic E-state index is -3.68. The molecule has 1 aliphatic rings. The van der Waals surface area contributed by atoms with Crippen LogP contribution in [-0.2, 0) is 32.6 Å². The number of esters is 1. The van der Waals surface area contributed by atoms with Crippen molar-refractivity contribution in [1.29, 1.82) is 0 Å². The van der Waals surface area contributed by atoms with Gasteiger partial charge in [-0.15, -0.1) is 0 Å². The van der Waals surface area contributed by atoms with E-state index in [1.165, 1.54) is 10.4 Å². The molecule has 2 aromatic heterocycles. The Morgan fingerprint density at radius 1 is 1.24 bits per heavy atom. The van der Waals surface area contributed by atoms with Gasteiger partial charge in [0.05, 0.1) is 35.2 Å². The Kier molecular flexibility index (Phi) is 6.44. The molecule has 1 fully saturated rings. The highest BCUT2D eigenvalue weighted by Gasteiger charge is 2.27. The molecule has 1 aromatic carbocycles. The van der Waals surface area contributed by atoms with Gasteiger partial charge in [-0.25, -0.2) is 18.2 Å². The fourth-order valence-corrected chi connectivity index (χ4v) is 5.00. The zero-order valence-corrected chi connectivity index (χ0v) is 18.6. The maximum Gasteiger partial charge on any atom is 0.433 e. The normalized spacial score (nSPS) is 15.1. The van der Waals surface area contributed by atoms with Crippen LogP contribution in [0.3, 0.4) is 0 Å².